The largest absolute Gasteiger partial charge is 0.495 e. The van der Waals surface area contributed by atoms with Crippen LogP contribution in [0.25, 0.3) is 0 Å². The smallest absolute Gasteiger partial charge is 0.262 e. The van der Waals surface area contributed by atoms with Crippen molar-refractivity contribution in [3.05, 3.63) is 78.4 Å². The first-order valence-corrected chi connectivity index (χ1v) is 11.6. The maximum atomic E-state index is 12.8. The van der Waals surface area contributed by atoms with E-state index in [1.165, 1.54) is 19.2 Å². The van der Waals surface area contributed by atoms with E-state index in [2.05, 4.69) is 10.0 Å². The molecule has 3 aromatic rings. The van der Waals surface area contributed by atoms with Gasteiger partial charge in [0, 0.05) is 12.1 Å². The van der Waals surface area contributed by atoms with Crippen LogP contribution in [0.4, 0.5) is 11.4 Å². The van der Waals surface area contributed by atoms with Gasteiger partial charge in [-0.2, -0.15) is 0 Å². The number of anilines is 2. The molecule has 0 radical (unpaired) electrons. The Balaban J connectivity index is 1.55. The Morgan fingerprint density at radius 3 is 2.47 bits per heavy atom. The van der Waals surface area contributed by atoms with Gasteiger partial charge < -0.3 is 14.8 Å². The molecule has 0 heterocycles. The summed E-state index contributed by atoms with van der Waals surface area (Å²) in [7, 11) is -2.39. The normalized spacial score (nSPS) is 10.9. The van der Waals surface area contributed by atoms with Crippen molar-refractivity contribution in [1.82, 2.24) is 0 Å². The summed E-state index contributed by atoms with van der Waals surface area (Å²) in [6, 6.07) is 20.5. The molecule has 3 aromatic carbocycles. The fourth-order valence-electron chi connectivity index (χ4n) is 2.95. The van der Waals surface area contributed by atoms with Gasteiger partial charge >= 0.3 is 0 Å². The first-order valence-electron chi connectivity index (χ1n) is 10.1. The van der Waals surface area contributed by atoms with Crippen molar-refractivity contribution in [3.8, 4) is 11.5 Å². The average Bonchev–Trinajstić information content (AvgIpc) is 2.78. The third-order valence-electron chi connectivity index (χ3n) is 4.62. The second kappa shape index (κ2) is 10.7. The fraction of sp³-hybridized carbons (Fsp3) is 0.208. The van der Waals surface area contributed by atoms with Crippen LogP contribution >= 0.6 is 0 Å². The summed E-state index contributed by atoms with van der Waals surface area (Å²) in [6.45, 7) is 2.41. The van der Waals surface area contributed by atoms with Crippen molar-refractivity contribution in [3.63, 3.8) is 0 Å². The molecule has 0 aromatic heterocycles. The number of benzene rings is 3. The molecule has 3 rings (SSSR count). The SMILES string of the molecule is COc1ccccc1NS(=O)(=O)c1cccc(NC(=O)CCCOc2ccc(C)cc2)c1. The molecular formula is C24H26N2O5S. The fourth-order valence-corrected chi connectivity index (χ4v) is 4.07. The summed E-state index contributed by atoms with van der Waals surface area (Å²) in [6.07, 6.45) is 0.787. The summed E-state index contributed by atoms with van der Waals surface area (Å²) >= 11 is 0. The maximum Gasteiger partial charge on any atom is 0.262 e. The summed E-state index contributed by atoms with van der Waals surface area (Å²) < 4.78 is 38.9. The van der Waals surface area contributed by atoms with Gasteiger partial charge in [0.05, 0.1) is 24.3 Å². The summed E-state index contributed by atoms with van der Waals surface area (Å²) in [5.74, 6) is 0.953. The molecule has 0 bridgehead atoms. The predicted octanol–water partition coefficient (Wildman–Crippen LogP) is 4.60. The van der Waals surface area contributed by atoms with Gasteiger partial charge in [-0.25, -0.2) is 8.42 Å². The lowest BCUT2D eigenvalue weighted by Gasteiger charge is -2.12. The molecule has 0 unspecified atom stereocenters. The van der Waals surface area contributed by atoms with E-state index >= 15 is 0 Å². The number of nitrogens with one attached hydrogen (secondary N) is 2. The van der Waals surface area contributed by atoms with E-state index in [0.29, 0.717) is 30.2 Å². The predicted molar refractivity (Wildman–Crippen MR) is 125 cm³/mol. The molecule has 0 aliphatic heterocycles. The van der Waals surface area contributed by atoms with Crippen LogP contribution in [0.15, 0.2) is 77.7 Å². The molecule has 1 amide bonds. The number of para-hydroxylation sites is 2. The zero-order valence-corrected chi connectivity index (χ0v) is 18.8. The number of rotatable bonds is 10. The van der Waals surface area contributed by atoms with E-state index in [1.807, 2.05) is 31.2 Å². The molecule has 8 heteroatoms. The maximum absolute atomic E-state index is 12.8. The van der Waals surface area contributed by atoms with Crippen molar-refractivity contribution in [2.24, 2.45) is 0 Å². The molecule has 0 spiro atoms. The van der Waals surface area contributed by atoms with Gasteiger partial charge in [-0.05, 0) is 55.8 Å². The van der Waals surface area contributed by atoms with Crippen molar-refractivity contribution in [1.29, 1.82) is 0 Å². The standard InChI is InChI=1S/C24H26N2O5S/c1-18-12-14-20(15-13-18)31-16-6-11-24(27)25-19-7-5-8-21(17-19)32(28,29)26-22-9-3-4-10-23(22)30-2/h3-5,7-10,12-15,17,26H,6,11,16H2,1-2H3,(H,25,27). The number of amides is 1. The molecule has 0 atom stereocenters. The van der Waals surface area contributed by atoms with Gasteiger partial charge in [0.25, 0.3) is 10.0 Å². The van der Waals surface area contributed by atoms with Crippen LogP contribution in [0.5, 0.6) is 11.5 Å². The van der Waals surface area contributed by atoms with Crippen LogP contribution in [-0.4, -0.2) is 28.0 Å². The van der Waals surface area contributed by atoms with Crippen LogP contribution in [0.3, 0.4) is 0 Å². The number of carbonyl (C=O) groups is 1. The minimum Gasteiger partial charge on any atom is -0.495 e. The molecule has 0 saturated carbocycles. The molecule has 2 N–H and O–H groups in total. The molecule has 0 saturated heterocycles. The second-order valence-corrected chi connectivity index (χ2v) is 8.83. The Morgan fingerprint density at radius 2 is 1.72 bits per heavy atom. The molecular weight excluding hydrogens is 428 g/mol. The van der Waals surface area contributed by atoms with Crippen LogP contribution in [-0.2, 0) is 14.8 Å². The van der Waals surface area contributed by atoms with Crippen molar-refractivity contribution >= 4 is 27.3 Å². The van der Waals surface area contributed by atoms with E-state index in [1.54, 1.807) is 36.4 Å². The van der Waals surface area contributed by atoms with Gasteiger partial charge in [0.15, 0.2) is 0 Å². The number of ether oxygens (including phenoxy) is 2. The Kier molecular flexibility index (Phi) is 7.72. The van der Waals surface area contributed by atoms with Gasteiger partial charge in [-0.3, -0.25) is 9.52 Å². The van der Waals surface area contributed by atoms with E-state index in [4.69, 9.17) is 9.47 Å². The highest BCUT2D eigenvalue weighted by Gasteiger charge is 2.17. The van der Waals surface area contributed by atoms with Gasteiger partial charge in [-0.15, -0.1) is 0 Å². The molecule has 0 aliphatic rings. The molecule has 168 valence electrons. The van der Waals surface area contributed by atoms with Crippen LogP contribution in [0.1, 0.15) is 18.4 Å². The van der Waals surface area contributed by atoms with Crippen LogP contribution in [0.2, 0.25) is 0 Å². The average molecular weight is 455 g/mol. The first-order chi connectivity index (χ1) is 15.4. The Hall–Kier alpha value is -3.52. The van der Waals surface area contributed by atoms with E-state index < -0.39 is 10.0 Å². The highest BCUT2D eigenvalue weighted by atomic mass is 32.2. The third kappa shape index (κ3) is 6.49. The summed E-state index contributed by atoms with van der Waals surface area (Å²) in [5, 5.41) is 2.74. The molecule has 32 heavy (non-hydrogen) atoms. The van der Waals surface area contributed by atoms with Gasteiger partial charge in [0.1, 0.15) is 11.5 Å². The number of hydrogen-bond acceptors (Lipinski definition) is 5. The van der Waals surface area contributed by atoms with Gasteiger partial charge in [0.2, 0.25) is 5.91 Å². The van der Waals surface area contributed by atoms with Crippen molar-refractivity contribution < 1.29 is 22.7 Å². The van der Waals surface area contributed by atoms with E-state index in [0.717, 1.165) is 11.3 Å². The van der Waals surface area contributed by atoms with Crippen LogP contribution in [0, 0.1) is 6.92 Å². The van der Waals surface area contributed by atoms with Crippen LogP contribution < -0.4 is 19.5 Å². The number of sulfonamides is 1. The number of hydrogen-bond donors (Lipinski definition) is 2. The lowest BCUT2D eigenvalue weighted by atomic mass is 10.2. The Bertz CT molecular complexity index is 1160. The Labute approximate surface area is 188 Å². The lowest BCUT2D eigenvalue weighted by Crippen LogP contribution is -2.15. The Morgan fingerprint density at radius 1 is 0.969 bits per heavy atom. The summed E-state index contributed by atoms with van der Waals surface area (Å²) in [5.41, 5.74) is 1.88. The van der Waals surface area contributed by atoms with E-state index in [9.17, 15) is 13.2 Å². The minimum absolute atomic E-state index is 0.0314. The topological polar surface area (TPSA) is 93.7 Å². The minimum atomic E-state index is -3.86. The number of methoxy groups -OCH3 is 1. The highest BCUT2D eigenvalue weighted by molar-refractivity contribution is 7.92. The first kappa shape index (κ1) is 23.1. The number of carbonyl (C=O) groups excluding carboxylic acids is 1. The second-order valence-electron chi connectivity index (χ2n) is 7.15. The molecule has 7 nitrogen and oxygen atoms in total. The zero-order chi connectivity index (χ0) is 23.0. The number of aryl methyl sites for hydroxylation is 1. The third-order valence-corrected chi connectivity index (χ3v) is 5.98. The molecule has 0 fully saturated rings. The van der Waals surface area contributed by atoms with E-state index in [-0.39, 0.29) is 17.2 Å². The molecule has 0 aliphatic carbocycles. The lowest BCUT2D eigenvalue weighted by molar-refractivity contribution is -0.116. The zero-order valence-electron chi connectivity index (χ0n) is 18.0. The monoisotopic (exact) mass is 454 g/mol. The van der Waals surface area contributed by atoms with Gasteiger partial charge in [-0.1, -0.05) is 35.9 Å². The van der Waals surface area contributed by atoms with Crippen molar-refractivity contribution in [2.75, 3.05) is 23.8 Å². The van der Waals surface area contributed by atoms with Crippen molar-refractivity contribution in [2.45, 2.75) is 24.7 Å². The highest BCUT2D eigenvalue weighted by Crippen LogP contribution is 2.27. The summed E-state index contributed by atoms with van der Waals surface area (Å²) in [4.78, 5) is 12.3. The quantitative estimate of drug-likeness (QED) is 0.437.